The van der Waals surface area contributed by atoms with E-state index >= 15 is 0 Å². The zero-order valence-corrected chi connectivity index (χ0v) is 15.3. The predicted octanol–water partition coefficient (Wildman–Crippen LogP) is 3.06. The molecular weight excluding hydrogens is 340 g/mol. The van der Waals surface area contributed by atoms with Crippen molar-refractivity contribution in [2.45, 2.75) is 26.4 Å². The van der Waals surface area contributed by atoms with Crippen LogP contribution in [-0.2, 0) is 16.1 Å². The Morgan fingerprint density at radius 1 is 1.07 bits per heavy atom. The van der Waals surface area contributed by atoms with Crippen LogP contribution in [0, 0.1) is 6.92 Å². The van der Waals surface area contributed by atoms with Crippen molar-refractivity contribution in [3.05, 3.63) is 83.7 Å². The molecule has 6 nitrogen and oxygen atoms in total. The standard InChI is InChI=1S/C21H22N4O2/c1-15-7-9-18(10-8-15)16(2)23-20(26)21(27)24-19-6-3-5-17(13-19)14-25-12-4-11-22-25/h3-13,16H,14H2,1-2H3,(H,23,26)(H,24,27). The highest BCUT2D eigenvalue weighted by atomic mass is 16.2. The molecule has 0 fully saturated rings. The summed E-state index contributed by atoms with van der Waals surface area (Å²) in [5.41, 5.74) is 3.64. The van der Waals surface area contributed by atoms with Crippen molar-refractivity contribution in [3.63, 3.8) is 0 Å². The van der Waals surface area contributed by atoms with E-state index < -0.39 is 11.8 Å². The van der Waals surface area contributed by atoms with Crippen LogP contribution in [0.2, 0.25) is 0 Å². The molecular formula is C21H22N4O2. The number of hydrogen-bond donors (Lipinski definition) is 2. The minimum atomic E-state index is -0.690. The molecule has 0 spiro atoms. The van der Waals surface area contributed by atoms with E-state index in [4.69, 9.17) is 0 Å². The molecule has 0 bridgehead atoms. The third-order valence-corrected chi connectivity index (χ3v) is 4.22. The van der Waals surface area contributed by atoms with E-state index in [1.54, 1.807) is 16.9 Å². The molecule has 2 N–H and O–H groups in total. The van der Waals surface area contributed by atoms with E-state index in [9.17, 15) is 9.59 Å². The van der Waals surface area contributed by atoms with Gasteiger partial charge in [0.1, 0.15) is 0 Å². The first-order chi connectivity index (χ1) is 13.0. The molecule has 0 aliphatic heterocycles. The molecule has 1 heterocycles. The maximum Gasteiger partial charge on any atom is 0.313 e. The van der Waals surface area contributed by atoms with Crippen LogP contribution >= 0.6 is 0 Å². The zero-order chi connectivity index (χ0) is 19.2. The molecule has 2 amide bonds. The Morgan fingerprint density at radius 2 is 1.85 bits per heavy atom. The monoisotopic (exact) mass is 362 g/mol. The molecule has 3 rings (SSSR count). The van der Waals surface area contributed by atoms with Crippen molar-refractivity contribution in [2.75, 3.05) is 5.32 Å². The highest BCUT2D eigenvalue weighted by Crippen LogP contribution is 2.14. The first-order valence-electron chi connectivity index (χ1n) is 8.76. The molecule has 2 aromatic carbocycles. The first kappa shape index (κ1) is 18.4. The summed E-state index contributed by atoms with van der Waals surface area (Å²) in [5, 5.41) is 9.53. The number of aryl methyl sites for hydroxylation is 1. The summed E-state index contributed by atoms with van der Waals surface area (Å²) in [6.07, 6.45) is 3.58. The van der Waals surface area contributed by atoms with Crippen LogP contribution in [0.4, 0.5) is 5.69 Å². The highest BCUT2D eigenvalue weighted by molar-refractivity contribution is 6.39. The molecule has 0 radical (unpaired) electrons. The van der Waals surface area contributed by atoms with Crippen LogP contribution < -0.4 is 10.6 Å². The van der Waals surface area contributed by atoms with Gasteiger partial charge in [-0.25, -0.2) is 0 Å². The number of carbonyl (C=O) groups is 2. The third-order valence-electron chi connectivity index (χ3n) is 4.22. The zero-order valence-electron chi connectivity index (χ0n) is 15.3. The van der Waals surface area contributed by atoms with Gasteiger partial charge in [0.05, 0.1) is 12.6 Å². The Balaban J connectivity index is 1.59. The molecule has 3 aromatic rings. The highest BCUT2D eigenvalue weighted by Gasteiger charge is 2.17. The minimum Gasteiger partial charge on any atom is -0.341 e. The largest absolute Gasteiger partial charge is 0.341 e. The number of rotatable bonds is 5. The molecule has 0 aliphatic carbocycles. The molecule has 138 valence electrons. The topological polar surface area (TPSA) is 76.0 Å². The Morgan fingerprint density at radius 3 is 2.56 bits per heavy atom. The lowest BCUT2D eigenvalue weighted by Crippen LogP contribution is -2.36. The van der Waals surface area contributed by atoms with Gasteiger partial charge in [0.15, 0.2) is 0 Å². The van der Waals surface area contributed by atoms with Gasteiger partial charge in [-0.15, -0.1) is 0 Å². The Hall–Kier alpha value is -3.41. The van der Waals surface area contributed by atoms with Crippen LogP contribution in [0.5, 0.6) is 0 Å². The summed E-state index contributed by atoms with van der Waals surface area (Å²) in [4.78, 5) is 24.4. The lowest BCUT2D eigenvalue weighted by atomic mass is 10.1. The Kier molecular flexibility index (Phi) is 5.66. The van der Waals surface area contributed by atoms with E-state index in [0.717, 1.165) is 16.7 Å². The van der Waals surface area contributed by atoms with Crippen molar-refractivity contribution in [1.29, 1.82) is 0 Å². The average Bonchev–Trinajstić information content (AvgIpc) is 3.15. The first-order valence-corrected chi connectivity index (χ1v) is 8.76. The number of aromatic nitrogens is 2. The third kappa shape index (κ3) is 5.04. The van der Waals surface area contributed by atoms with Gasteiger partial charge in [-0.1, -0.05) is 42.0 Å². The maximum atomic E-state index is 12.2. The Bertz CT molecular complexity index is 918. The van der Waals surface area contributed by atoms with Gasteiger partial charge in [0.25, 0.3) is 0 Å². The van der Waals surface area contributed by atoms with E-state index in [0.29, 0.717) is 12.2 Å². The SMILES string of the molecule is Cc1ccc(C(C)NC(=O)C(=O)Nc2cccc(Cn3cccn3)c2)cc1. The summed E-state index contributed by atoms with van der Waals surface area (Å²) in [5.74, 6) is -1.36. The second-order valence-electron chi connectivity index (χ2n) is 6.46. The molecule has 1 unspecified atom stereocenters. The van der Waals surface area contributed by atoms with Crippen molar-refractivity contribution in [3.8, 4) is 0 Å². The number of amides is 2. The lowest BCUT2D eigenvalue weighted by molar-refractivity contribution is -0.136. The quantitative estimate of drug-likeness (QED) is 0.685. The maximum absolute atomic E-state index is 12.2. The van der Waals surface area contributed by atoms with Gasteiger partial charge in [-0.2, -0.15) is 5.10 Å². The molecule has 0 aliphatic rings. The smallest absolute Gasteiger partial charge is 0.313 e. The summed E-state index contributed by atoms with van der Waals surface area (Å²) < 4.78 is 1.79. The van der Waals surface area contributed by atoms with E-state index in [1.165, 1.54) is 0 Å². The van der Waals surface area contributed by atoms with E-state index in [-0.39, 0.29) is 6.04 Å². The van der Waals surface area contributed by atoms with Crippen molar-refractivity contribution in [2.24, 2.45) is 0 Å². The normalized spacial score (nSPS) is 11.6. The fraction of sp³-hybridized carbons (Fsp3) is 0.190. The number of nitrogens with zero attached hydrogens (tertiary/aromatic N) is 2. The van der Waals surface area contributed by atoms with Crippen molar-refractivity contribution < 1.29 is 9.59 Å². The molecule has 27 heavy (non-hydrogen) atoms. The molecule has 1 aromatic heterocycles. The minimum absolute atomic E-state index is 0.255. The van der Waals surface area contributed by atoms with Gasteiger partial charge >= 0.3 is 11.8 Å². The van der Waals surface area contributed by atoms with Crippen LogP contribution in [-0.4, -0.2) is 21.6 Å². The van der Waals surface area contributed by atoms with Crippen LogP contribution in [0.1, 0.15) is 29.7 Å². The lowest BCUT2D eigenvalue weighted by Gasteiger charge is -2.14. The summed E-state index contributed by atoms with van der Waals surface area (Å²) in [7, 11) is 0. The second-order valence-corrected chi connectivity index (χ2v) is 6.46. The number of anilines is 1. The van der Waals surface area contributed by atoms with Crippen LogP contribution in [0.3, 0.4) is 0 Å². The number of nitrogens with one attached hydrogen (secondary N) is 2. The number of benzene rings is 2. The van der Waals surface area contributed by atoms with Crippen molar-refractivity contribution in [1.82, 2.24) is 15.1 Å². The van der Waals surface area contributed by atoms with Crippen LogP contribution in [0.25, 0.3) is 0 Å². The fourth-order valence-corrected chi connectivity index (χ4v) is 2.72. The summed E-state index contributed by atoms with van der Waals surface area (Å²) in [6, 6.07) is 16.8. The van der Waals surface area contributed by atoms with Gasteiger partial charge in [0.2, 0.25) is 0 Å². The fourth-order valence-electron chi connectivity index (χ4n) is 2.72. The van der Waals surface area contributed by atoms with Crippen molar-refractivity contribution >= 4 is 17.5 Å². The second kappa shape index (κ2) is 8.31. The van der Waals surface area contributed by atoms with E-state index in [2.05, 4.69) is 15.7 Å². The summed E-state index contributed by atoms with van der Waals surface area (Å²) in [6.45, 7) is 4.44. The van der Waals surface area contributed by atoms with Gasteiger partial charge < -0.3 is 10.6 Å². The molecule has 6 heteroatoms. The number of carbonyl (C=O) groups excluding carboxylic acids is 2. The summed E-state index contributed by atoms with van der Waals surface area (Å²) >= 11 is 0. The molecule has 0 saturated carbocycles. The van der Waals surface area contributed by atoms with Gasteiger partial charge in [0, 0.05) is 18.1 Å². The average molecular weight is 362 g/mol. The van der Waals surface area contributed by atoms with E-state index in [1.807, 2.05) is 68.6 Å². The number of hydrogen-bond acceptors (Lipinski definition) is 3. The Labute approximate surface area is 158 Å². The molecule has 1 atom stereocenters. The molecule has 0 saturated heterocycles. The van der Waals surface area contributed by atoms with Gasteiger partial charge in [-0.3, -0.25) is 14.3 Å². The van der Waals surface area contributed by atoms with Gasteiger partial charge in [-0.05, 0) is 43.2 Å². The van der Waals surface area contributed by atoms with Crippen LogP contribution in [0.15, 0.2) is 67.0 Å². The predicted molar refractivity (Wildman–Crippen MR) is 104 cm³/mol.